The summed E-state index contributed by atoms with van der Waals surface area (Å²) in [5.74, 6) is -1.18. The maximum atomic E-state index is 16.7. The lowest BCUT2D eigenvalue weighted by Crippen LogP contribution is -2.34. The van der Waals surface area contributed by atoms with Gasteiger partial charge >= 0.3 is 11.9 Å². The first-order chi connectivity index (χ1) is 37.0. The number of hydrogen-bond donors (Lipinski definition) is 4. The molecule has 4 saturated heterocycles. The molecule has 2 aromatic heterocycles. The number of hydrogen-bond acceptors (Lipinski definition) is 12. The predicted octanol–water partition coefficient (Wildman–Crippen LogP) is 9.83. The van der Waals surface area contributed by atoms with Crippen LogP contribution in [0.2, 0.25) is 0 Å². The van der Waals surface area contributed by atoms with Crippen LogP contribution in [-0.2, 0) is 54.2 Å². The maximum absolute atomic E-state index is 16.7. The van der Waals surface area contributed by atoms with Crippen molar-refractivity contribution in [2.75, 3.05) is 76.3 Å². The Balaban J connectivity index is 0.635. The Hall–Kier alpha value is -5.10. The molecule has 2 saturated carbocycles. The second kappa shape index (κ2) is 22.0. The number of ether oxygens (including phenoxy) is 4. The highest BCUT2D eigenvalue weighted by Gasteiger charge is 2.52. The molecule has 3 unspecified atom stereocenters. The van der Waals surface area contributed by atoms with E-state index in [1.54, 1.807) is 6.07 Å². The summed E-state index contributed by atoms with van der Waals surface area (Å²) in [4.78, 5) is 39.7. The molecule has 406 valence electrons. The zero-order valence-electron chi connectivity index (χ0n) is 43.7. The number of carbonyl (C=O) groups is 2. The zero-order chi connectivity index (χ0) is 52.0. The van der Waals surface area contributed by atoms with E-state index < -0.39 is 35.7 Å². The molecule has 0 bridgehead atoms. The fourth-order valence-corrected chi connectivity index (χ4v) is 13.4. The minimum absolute atomic E-state index is 0.0948. The number of anilines is 2. The van der Waals surface area contributed by atoms with Crippen molar-refractivity contribution in [3.8, 4) is 0 Å². The molecule has 12 rings (SSSR count). The van der Waals surface area contributed by atoms with Crippen molar-refractivity contribution >= 4 is 23.6 Å². The summed E-state index contributed by atoms with van der Waals surface area (Å²) < 4.78 is 56.6. The van der Waals surface area contributed by atoms with Crippen LogP contribution in [0.1, 0.15) is 164 Å². The number of benzene rings is 2. The highest BCUT2D eigenvalue weighted by molar-refractivity contribution is 5.77. The van der Waals surface area contributed by atoms with Crippen molar-refractivity contribution < 1.29 is 47.5 Å². The van der Waals surface area contributed by atoms with Crippen LogP contribution in [0.3, 0.4) is 0 Å². The molecule has 0 radical (unpaired) electrons. The Morgan fingerprint density at radius 2 is 1.28 bits per heavy atom. The van der Waals surface area contributed by atoms with Crippen LogP contribution < -0.4 is 10.6 Å². The molecule has 14 nitrogen and oxygen atoms in total. The van der Waals surface area contributed by atoms with Gasteiger partial charge in [-0.25, -0.2) is 18.7 Å². The first-order valence-corrected chi connectivity index (χ1v) is 28.5. The summed E-state index contributed by atoms with van der Waals surface area (Å²) >= 11 is 0. The van der Waals surface area contributed by atoms with Crippen molar-refractivity contribution in [1.29, 1.82) is 0 Å². The molecule has 6 fully saturated rings. The average molecular weight is 1050 g/mol. The highest BCUT2D eigenvalue weighted by Crippen LogP contribution is 2.59. The van der Waals surface area contributed by atoms with E-state index in [0.717, 1.165) is 143 Å². The lowest BCUT2D eigenvalue weighted by Gasteiger charge is -2.31. The smallest absolute Gasteiger partial charge is 0.325 e. The van der Waals surface area contributed by atoms with Gasteiger partial charge in [-0.3, -0.25) is 19.4 Å². The van der Waals surface area contributed by atoms with Crippen molar-refractivity contribution in [2.45, 2.75) is 152 Å². The Labute approximate surface area is 444 Å². The third-order valence-corrected chi connectivity index (χ3v) is 18.2. The van der Waals surface area contributed by atoms with Crippen LogP contribution in [0.25, 0.3) is 0 Å². The standard InChI is InChI=1S/C60H74F2N6O8/c61-40-11-14-45(51-30-59(17-18-59)35-75-51)48(27-40)53(57(69)70)67-22-15-43(33-67)73-25-4-2-8-42-13-10-38-26-39(32-64-56(38)66-42)46-28-47(52-31-60(19-20-60)36-76-52)49(29-50(46)62)54(58(71)72)68-23-16-44(34-68)74-24-3-1-7-41-12-9-37-6-5-21-63-55(37)65-41/h9-14,27-29,39,43-44,51-54H,1-8,15-26,30-36H2,(H,63,65)(H,64,66)(H,69,70)(H,71,72)/t39?,43-,44-,51?,52?,53+,54-/m1/s1. The zero-order valence-corrected chi connectivity index (χ0v) is 43.7. The minimum atomic E-state index is -1.02. The van der Waals surface area contributed by atoms with Gasteiger partial charge in [-0.05, 0) is 195 Å². The summed E-state index contributed by atoms with van der Waals surface area (Å²) in [6.07, 6.45) is 14.8. The number of pyridine rings is 2. The maximum Gasteiger partial charge on any atom is 0.325 e. The largest absolute Gasteiger partial charge is 0.480 e. The van der Waals surface area contributed by atoms with E-state index in [4.69, 9.17) is 28.9 Å². The Morgan fingerprint density at radius 3 is 1.87 bits per heavy atom. The number of carboxylic acid groups (broad SMARTS) is 2. The second-order valence-corrected chi connectivity index (χ2v) is 23.7. The van der Waals surface area contributed by atoms with Gasteiger partial charge in [0.25, 0.3) is 0 Å². The number of unbranched alkanes of at least 4 members (excludes halogenated alkanes) is 2. The molecule has 0 amide bonds. The first kappa shape index (κ1) is 51.6. The summed E-state index contributed by atoms with van der Waals surface area (Å²) in [6.45, 7) is 5.94. The molecule has 6 aliphatic heterocycles. The Bertz CT molecular complexity index is 2790. The number of aryl methyl sites for hydroxylation is 3. The van der Waals surface area contributed by atoms with E-state index in [1.807, 2.05) is 15.9 Å². The number of likely N-dealkylation sites (tertiary alicyclic amines) is 2. The lowest BCUT2D eigenvalue weighted by molar-refractivity contribution is -0.144. The van der Waals surface area contributed by atoms with E-state index in [1.165, 1.54) is 23.8 Å². The van der Waals surface area contributed by atoms with Gasteiger partial charge in [-0.15, -0.1) is 0 Å². The van der Waals surface area contributed by atoms with E-state index in [2.05, 4.69) is 34.9 Å². The third-order valence-electron chi connectivity index (χ3n) is 18.2. The molecule has 8 aliphatic rings. The van der Waals surface area contributed by atoms with Crippen LogP contribution in [0.15, 0.2) is 54.6 Å². The van der Waals surface area contributed by atoms with E-state index in [9.17, 15) is 24.2 Å². The topological polar surface area (TPSA) is 168 Å². The summed E-state index contributed by atoms with van der Waals surface area (Å²) in [5.41, 5.74) is 7.81. The molecule has 16 heteroatoms. The number of aromatic nitrogens is 2. The van der Waals surface area contributed by atoms with Gasteiger partial charge in [0.05, 0.1) is 37.6 Å². The van der Waals surface area contributed by atoms with Gasteiger partial charge in [0, 0.05) is 69.8 Å². The summed E-state index contributed by atoms with van der Waals surface area (Å²) in [7, 11) is 0. The van der Waals surface area contributed by atoms with Gasteiger partial charge in [-0.1, -0.05) is 18.2 Å². The number of aliphatic carboxylic acids is 2. The summed E-state index contributed by atoms with van der Waals surface area (Å²) in [6, 6.07) is 14.4. The van der Waals surface area contributed by atoms with Crippen molar-refractivity contribution in [3.05, 3.63) is 117 Å². The fourth-order valence-electron chi connectivity index (χ4n) is 13.4. The molecule has 4 aromatic rings. The Morgan fingerprint density at radius 1 is 0.697 bits per heavy atom. The lowest BCUT2D eigenvalue weighted by atomic mass is 9.84. The third kappa shape index (κ3) is 11.3. The van der Waals surface area contributed by atoms with Gasteiger partial charge < -0.3 is 39.8 Å². The van der Waals surface area contributed by atoms with Crippen LogP contribution in [0.5, 0.6) is 0 Å². The molecule has 4 N–H and O–H groups in total. The SMILES string of the molecule is O=C(O)[C@H](c1cc(F)ccc1C1CC2(CC2)CO1)N1CC[C@@H](OCCCCc2ccc3c(n2)NCC(c2cc(C4CC5(CC5)CO4)c([C@H](C(=O)O)N4CC[C@@H](OCCCCc5ccc6c(n5)NCCC6)C4)cc2F)C3)C1. The number of rotatable bonds is 21. The van der Waals surface area contributed by atoms with Gasteiger partial charge in [-0.2, -0.15) is 0 Å². The molecular weight excluding hydrogens is 971 g/mol. The first-order valence-electron chi connectivity index (χ1n) is 28.5. The van der Waals surface area contributed by atoms with Crippen molar-refractivity contribution in [2.24, 2.45) is 10.8 Å². The fraction of sp³-hybridized carbons (Fsp3) is 0.600. The van der Waals surface area contributed by atoms with Crippen LogP contribution >= 0.6 is 0 Å². The normalized spacial score (nSPS) is 26.0. The number of nitrogens with zero attached hydrogens (tertiary/aromatic N) is 4. The van der Waals surface area contributed by atoms with Crippen LogP contribution in [-0.4, -0.2) is 120 Å². The summed E-state index contributed by atoms with van der Waals surface area (Å²) in [5, 5.41) is 28.3. The molecule has 2 aliphatic carbocycles. The van der Waals surface area contributed by atoms with Gasteiger partial charge in [0.2, 0.25) is 0 Å². The second-order valence-electron chi connectivity index (χ2n) is 23.7. The van der Waals surface area contributed by atoms with Crippen LogP contribution in [0.4, 0.5) is 20.4 Å². The minimum Gasteiger partial charge on any atom is -0.480 e. The average Bonchev–Trinajstić information content (AvgIpc) is 4.09. The highest BCUT2D eigenvalue weighted by atomic mass is 19.1. The monoisotopic (exact) mass is 1040 g/mol. The van der Waals surface area contributed by atoms with Crippen molar-refractivity contribution in [1.82, 2.24) is 19.8 Å². The van der Waals surface area contributed by atoms with Crippen LogP contribution in [0, 0.1) is 22.5 Å². The predicted molar refractivity (Wildman–Crippen MR) is 281 cm³/mol. The molecule has 7 atom stereocenters. The number of halogens is 2. The molecule has 76 heavy (non-hydrogen) atoms. The quantitative estimate of drug-likeness (QED) is 0.0582. The molecule has 2 aromatic carbocycles. The molecular formula is C60H74F2N6O8. The van der Waals surface area contributed by atoms with E-state index in [0.29, 0.717) is 88.7 Å². The Kier molecular flexibility index (Phi) is 14.9. The van der Waals surface area contributed by atoms with Gasteiger partial charge in [0.15, 0.2) is 0 Å². The number of nitrogens with one attached hydrogen (secondary N) is 2. The van der Waals surface area contributed by atoms with Crippen molar-refractivity contribution in [3.63, 3.8) is 0 Å². The number of carboxylic acids is 2. The molecule has 2 spiro atoms. The van der Waals surface area contributed by atoms with E-state index >= 15 is 4.39 Å². The van der Waals surface area contributed by atoms with Gasteiger partial charge in [0.1, 0.15) is 35.4 Å². The number of fused-ring (bicyclic) bond motifs is 2. The van der Waals surface area contributed by atoms with E-state index in [-0.39, 0.29) is 41.2 Å². The molecule has 8 heterocycles.